The van der Waals surface area contributed by atoms with Crippen molar-refractivity contribution in [2.75, 3.05) is 18.2 Å². The lowest BCUT2D eigenvalue weighted by Gasteiger charge is -2.17. The number of ether oxygens (including phenoxy) is 2. The molecule has 3 aromatic carbocycles. The van der Waals surface area contributed by atoms with Crippen LogP contribution in [0.5, 0.6) is 11.5 Å². The van der Waals surface area contributed by atoms with E-state index in [0.717, 1.165) is 16.9 Å². The molecule has 174 valence electrons. The van der Waals surface area contributed by atoms with Gasteiger partial charge in [-0.05, 0) is 55.8 Å². The van der Waals surface area contributed by atoms with Crippen LogP contribution >= 0.6 is 11.8 Å². The van der Waals surface area contributed by atoms with Crippen LogP contribution in [0.1, 0.15) is 24.4 Å². The third-order valence-corrected chi connectivity index (χ3v) is 5.95. The molecule has 0 aliphatic carbocycles. The van der Waals surface area contributed by atoms with Gasteiger partial charge >= 0.3 is 0 Å². The Morgan fingerprint density at radius 2 is 1.76 bits per heavy atom. The van der Waals surface area contributed by atoms with Crippen LogP contribution in [0.15, 0.2) is 84.0 Å². The average Bonchev–Trinajstić information content (AvgIpc) is 3.27. The van der Waals surface area contributed by atoms with E-state index in [1.165, 1.54) is 11.8 Å². The maximum Gasteiger partial charge on any atom is 0.234 e. The minimum atomic E-state index is -0.393. The fourth-order valence-corrected chi connectivity index (χ4v) is 4.20. The van der Waals surface area contributed by atoms with E-state index in [4.69, 9.17) is 9.47 Å². The number of amides is 1. The first-order chi connectivity index (χ1) is 16.5. The summed E-state index contributed by atoms with van der Waals surface area (Å²) in [5.41, 5.74) is 2.75. The molecule has 4 rings (SSSR count). The number of aromatic nitrogens is 3. The Balaban J connectivity index is 1.54. The summed E-state index contributed by atoms with van der Waals surface area (Å²) in [6.45, 7) is 3.91. The van der Waals surface area contributed by atoms with Gasteiger partial charge in [-0.2, -0.15) is 0 Å². The zero-order valence-electron chi connectivity index (χ0n) is 19.3. The summed E-state index contributed by atoms with van der Waals surface area (Å²) < 4.78 is 13.4. The van der Waals surface area contributed by atoms with Gasteiger partial charge in [0.1, 0.15) is 11.5 Å². The van der Waals surface area contributed by atoms with Gasteiger partial charge in [0.25, 0.3) is 0 Å². The molecule has 1 unspecified atom stereocenters. The summed E-state index contributed by atoms with van der Waals surface area (Å²) in [4.78, 5) is 12.6. The number of carbonyl (C=O) groups is 1. The number of hydrogen-bond donors (Lipinski definition) is 1. The van der Waals surface area contributed by atoms with Crippen molar-refractivity contribution in [1.82, 2.24) is 14.8 Å². The van der Waals surface area contributed by atoms with Crippen LogP contribution in [0.2, 0.25) is 0 Å². The van der Waals surface area contributed by atoms with E-state index >= 15 is 0 Å². The van der Waals surface area contributed by atoms with Gasteiger partial charge in [-0.25, -0.2) is 0 Å². The third kappa shape index (κ3) is 5.77. The number of para-hydroxylation sites is 1. The number of rotatable bonds is 9. The van der Waals surface area contributed by atoms with Crippen LogP contribution in [-0.2, 0) is 4.79 Å². The summed E-state index contributed by atoms with van der Waals surface area (Å²) in [5.74, 6) is 2.10. The highest BCUT2D eigenvalue weighted by Gasteiger charge is 2.22. The van der Waals surface area contributed by atoms with Crippen molar-refractivity contribution in [2.24, 2.45) is 0 Å². The van der Waals surface area contributed by atoms with Gasteiger partial charge in [0.15, 0.2) is 17.1 Å². The van der Waals surface area contributed by atoms with Crippen LogP contribution in [0.3, 0.4) is 0 Å². The molecule has 1 amide bonds. The summed E-state index contributed by atoms with van der Waals surface area (Å²) in [6, 6.07) is 24.9. The van der Waals surface area contributed by atoms with Gasteiger partial charge in [-0.1, -0.05) is 48.2 Å². The minimum absolute atomic E-state index is 0.111. The van der Waals surface area contributed by atoms with Gasteiger partial charge in [-0.3, -0.25) is 9.36 Å². The van der Waals surface area contributed by atoms with Crippen molar-refractivity contribution < 1.29 is 14.3 Å². The standard InChI is InChI=1S/C26H26N4O3S/c1-18-9-7-10-20(15-18)27-24(31)17-34-26-29-28-25(30(26)21-11-5-4-6-12-21)19(2)33-23-14-8-13-22(16-23)32-3/h4-16,19H,17H2,1-3H3,(H,27,31). The van der Waals surface area contributed by atoms with Crippen molar-refractivity contribution in [2.45, 2.75) is 25.1 Å². The monoisotopic (exact) mass is 474 g/mol. The predicted molar refractivity (Wildman–Crippen MR) is 134 cm³/mol. The SMILES string of the molecule is COc1cccc(OC(C)c2nnc(SCC(=O)Nc3cccc(C)c3)n2-c2ccccc2)c1. The van der Waals surface area contributed by atoms with Crippen LogP contribution in [0.25, 0.3) is 5.69 Å². The summed E-state index contributed by atoms with van der Waals surface area (Å²) in [5, 5.41) is 12.3. The molecule has 1 aromatic heterocycles. The Bertz CT molecular complexity index is 1260. The summed E-state index contributed by atoms with van der Waals surface area (Å²) in [6.07, 6.45) is -0.393. The second kappa shape index (κ2) is 10.9. The average molecular weight is 475 g/mol. The number of nitrogens with one attached hydrogen (secondary N) is 1. The fourth-order valence-electron chi connectivity index (χ4n) is 3.44. The van der Waals surface area contributed by atoms with Gasteiger partial charge in [0.2, 0.25) is 5.91 Å². The van der Waals surface area contributed by atoms with E-state index in [2.05, 4.69) is 15.5 Å². The molecule has 8 heteroatoms. The molecule has 0 aliphatic rings. The molecule has 0 aliphatic heterocycles. The summed E-state index contributed by atoms with van der Waals surface area (Å²) >= 11 is 1.33. The van der Waals surface area contributed by atoms with E-state index in [1.54, 1.807) is 7.11 Å². The molecule has 4 aromatic rings. The molecule has 0 saturated heterocycles. The molecule has 0 bridgehead atoms. The first-order valence-corrected chi connectivity index (χ1v) is 11.8. The smallest absolute Gasteiger partial charge is 0.234 e. The van der Waals surface area contributed by atoms with Crippen LogP contribution in [-0.4, -0.2) is 33.5 Å². The van der Waals surface area contributed by atoms with E-state index in [0.29, 0.717) is 22.5 Å². The number of nitrogens with zero attached hydrogens (tertiary/aromatic N) is 3. The number of benzene rings is 3. The fraction of sp³-hybridized carbons (Fsp3) is 0.192. The molecule has 0 radical (unpaired) electrons. The molecule has 1 atom stereocenters. The molecule has 1 N–H and O–H groups in total. The molecule has 0 fully saturated rings. The quantitative estimate of drug-likeness (QED) is 0.325. The van der Waals surface area contributed by atoms with Gasteiger partial charge < -0.3 is 14.8 Å². The van der Waals surface area contributed by atoms with Crippen LogP contribution in [0.4, 0.5) is 5.69 Å². The Kier molecular flexibility index (Phi) is 7.49. The second-order valence-corrected chi connectivity index (χ2v) is 8.60. The molecular weight excluding hydrogens is 448 g/mol. The molecule has 0 spiro atoms. The first kappa shape index (κ1) is 23.4. The highest BCUT2D eigenvalue weighted by atomic mass is 32.2. The van der Waals surface area contributed by atoms with Gasteiger partial charge in [0.05, 0.1) is 12.9 Å². The normalized spacial score (nSPS) is 11.6. The lowest BCUT2D eigenvalue weighted by molar-refractivity contribution is -0.113. The minimum Gasteiger partial charge on any atom is -0.497 e. The highest BCUT2D eigenvalue weighted by Crippen LogP contribution is 2.29. The molecule has 34 heavy (non-hydrogen) atoms. The summed E-state index contributed by atoms with van der Waals surface area (Å²) in [7, 11) is 1.62. The number of aryl methyl sites for hydroxylation is 1. The first-order valence-electron chi connectivity index (χ1n) is 10.8. The maximum atomic E-state index is 12.6. The van der Waals surface area contributed by atoms with E-state index in [-0.39, 0.29) is 11.7 Å². The maximum absolute atomic E-state index is 12.6. The van der Waals surface area contributed by atoms with E-state index < -0.39 is 6.10 Å². The lowest BCUT2D eigenvalue weighted by atomic mass is 10.2. The number of methoxy groups -OCH3 is 1. The van der Waals surface area contributed by atoms with Crippen molar-refractivity contribution in [3.05, 3.63) is 90.3 Å². The topological polar surface area (TPSA) is 78.3 Å². The highest BCUT2D eigenvalue weighted by molar-refractivity contribution is 7.99. The number of carbonyl (C=O) groups excluding carboxylic acids is 1. The molecule has 0 saturated carbocycles. The molecule has 1 heterocycles. The zero-order valence-corrected chi connectivity index (χ0v) is 20.1. The van der Waals surface area contributed by atoms with Crippen molar-refractivity contribution in [3.8, 4) is 17.2 Å². The van der Waals surface area contributed by atoms with E-state index in [9.17, 15) is 4.79 Å². The zero-order chi connectivity index (χ0) is 23.9. The Morgan fingerprint density at radius 1 is 1.00 bits per heavy atom. The molecule has 7 nitrogen and oxygen atoms in total. The van der Waals surface area contributed by atoms with Gasteiger partial charge in [0, 0.05) is 17.4 Å². The number of hydrogen-bond acceptors (Lipinski definition) is 6. The van der Waals surface area contributed by atoms with Crippen molar-refractivity contribution >= 4 is 23.4 Å². The van der Waals surface area contributed by atoms with Crippen molar-refractivity contribution in [3.63, 3.8) is 0 Å². The van der Waals surface area contributed by atoms with Gasteiger partial charge in [-0.15, -0.1) is 10.2 Å². The molecular formula is C26H26N4O3S. The predicted octanol–water partition coefficient (Wildman–Crippen LogP) is 5.46. The Hall–Kier alpha value is -3.78. The lowest BCUT2D eigenvalue weighted by Crippen LogP contribution is -2.15. The van der Waals surface area contributed by atoms with Crippen LogP contribution < -0.4 is 14.8 Å². The largest absolute Gasteiger partial charge is 0.497 e. The Labute approximate surface area is 203 Å². The second-order valence-electron chi connectivity index (χ2n) is 7.66. The third-order valence-electron chi connectivity index (χ3n) is 5.02. The number of anilines is 1. The Morgan fingerprint density at radius 3 is 2.53 bits per heavy atom. The number of thioether (sulfide) groups is 1. The van der Waals surface area contributed by atoms with E-state index in [1.807, 2.05) is 97.3 Å². The van der Waals surface area contributed by atoms with Crippen LogP contribution in [0, 0.1) is 6.92 Å². The van der Waals surface area contributed by atoms with Crippen molar-refractivity contribution in [1.29, 1.82) is 0 Å².